The van der Waals surface area contributed by atoms with Crippen LogP contribution in [0.15, 0.2) is 6.07 Å². The van der Waals surface area contributed by atoms with E-state index in [1.807, 2.05) is 6.92 Å². The highest BCUT2D eigenvalue weighted by atomic mass is 35.5. The maximum Gasteiger partial charge on any atom is 0.159 e. The molecule has 0 aliphatic carbocycles. The van der Waals surface area contributed by atoms with E-state index in [0.29, 0.717) is 17.1 Å². The Labute approximate surface area is 86.4 Å². The van der Waals surface area contributed by atoms with Crippen molar-refractivity contribution in [3.8, 4) is 5.75 Å². The van der Waals surface area contributed by atoms with E-state index >= 15 is 0 Å². The third-order valence-corrected chi connectivity index (χ3v) is 2.54. The van der Waals surface area contributed by atoms with Gasteiger partial charge < -0.3 is 10.5 Å². The van der Waals surface area contributed by atoms with Crippen molar-refractivity contribution in [2.75, 3.05) is 5.43 Å². The van der Waals surface area contributed by atoms with Gasteiger partial charge in [0, 0.05) is 5.02 Å². The predicted octanol–water partition coefficient (Wildman–Crippen LogP) is 2.55. The van der Waals surface area contributed by atoms with Crippen molar-refractivity contribution in [1.29, 1.82) is 0 Å². The number of hydrogen-bond donors (Lipinski definition) is 3. The third-order valence-electron chi connectivity index (χ3n) is 1.80. The minimum absolute atomic E-state index is 0.0644. The number of nitrogens with one attached hydrogen (secondary N) is 1. The average Bonchev–Trinajstić information content (AvgIpc) is 2.12. The number of halogens is 2. The first kappa shape index (κ1) is 10.4. The number of benzene rings is 1. The summed E-state index contributed by atoms with van der Waals surface area (Å²) in [5.41, 5.74) is 3.36. The molecule has 0 bridgehead atoms. The Morgan fingerprint density at radius 1 is 1.54 bits per heavy atom. The van der Waals surface area contributed by atoms with Gasteiger partial charge in [-0.3, -0.25) is 5.84 Å². The first-order chi connectivity index (χ1) is 6.11. The van der Waals surface area contributed by atoms with Crippen LogP contribution in [-0.4, -0.2) is 5.11 Å². The lowest BCUT2D eigenvalue weighted by molar-refractivity contribution is 0.477. The van der Waals surface area contributed by atoms with Gasteiger partial charge in [-0.1, -0.05) is 30.1 Å². The van der Waals surface area contributed by atoms with Crippen molar-refractivity contribution in [2.45, 2.75) is 13.3 Å². The summed E-state index contributed by atoms with van der Waals surface area (Å²) in [5, 5.41) is 10.3. The Morgan fingerprint density at radius 2 is 2.15 bits per heavy atom. The molecule has 0 amide bonds. The standard InChI is InChI=1S/C8H10Cl2N2O/c1-2-4-5(9)3-6(12-11)8(13)7(4)10/h3,12-13H,2,11H2,1H3. The van der Waals surface area contributed by atoms with E-state index in [2.05, 4.69) is 5.43 Å². The molecule has 0 aliphatic heterocycles. The topological polar surface area (TPSA) is 58.3 Å². The van der Waals surface area contributed by atoms with Crippen LogP contribution in [0, 0.1) is 0 Å². The zero-order chi connectivity index (χ0) is 10.0. The number of phenols is 1. The number of hydrogen-bond acceptors (Lipinski definition) is 3. The van der Waals surface area contributed by atoms with Crippen LogP contribution in [-0.2, 0) is 6.42 Å². The SMILES string of the molecule is CCc1c(Cl)cc(NN)c(O)c1Cl. The molecule has 1 rings (SSSR count). The fraction of sp³-hybridized carbons (Fsp3) is 0.250. The molecule has 5 heteroatoms. The summed E-state index contributed by atoms with van der Waals surface area (Å²) < 4.78 is 0. The van der Waals surface area contributed by atoms with E-state index in [1.165, 1.54) is 0 Å². The number of phenolic OH excluding ortho intramolecular Hbond substituents is 1. The molecule has 0 radical (unpaired) electrons. The van der Waals surface area contributed by atoms with Crippen molar-refractivity contribution in [3.05, 3.63) is 21.7 Å². The molecule has 3 nitrogen and oxygen atoms in total. The number of aromatic hydroxyl groups is 1. The first-order valence-electron chi connectivity index (χ1n) is 3.78. The minimum atomic E-state index is -0.0644. The molecule has 4 N–H and O–H groups in total. The van der Waals surface area contributed by atoms with Gasteiger partial charge in [0.15, 0.2) is 5.75 Å². The molecular weight excluding hydrogens is 211 g/mol. The van der Waals surface area contributed by atoms with Gasteiger partial charge in [-0.05, 0) is 18.1 Å². The fourth-order valence-electron chi connectivity index (χ4n) is 1.08. The molecule has 0 aromatic heterocycles. The largest absolute Gasteiger partial charge is 0.504 e. The Balaban J connectivity index is 3.37. The van der Waals surface area contributed by atoms with E-state index in [-0.39, 0.29) is 10.8 Å². The molecule has 0 saturated heterocycles. The van der Waals surface area contributed by atoms with Crippen LogP contribution in [0.2, 0.25) is 10.0 Å². The van der Waals surface area contributed by atoms with E-state index in [1.54, 1.807) is 6.07 Å². The van der Waals surface area contributed by atoms with Gasteiger partial charge in [0.1, 0.15) is 0 Å². The summed E-state index contributed by atoms with van der Waals surface area (Å²) in [7, 11) is 0. The second kappa shape index (κ2) is 4.05. The van der Waals surface area contributed by atoms with E-state index in [0.717, 1.165) is 5.56 Å². The zero-order valence-corrected chi connectivity index (χ0v) is 8.58. The van der Waals surface area contributed by atoms with Gasteiger partial charge in [0.25, 0.3) is 0 Å². The molecule has 72 valence electrons. The smallest absolute Gasteiger partial charge is 0.159 e. The van der Waals surface area contributed by atoms with Crippen molar-refractivity contribution < 1.29 is 5.11 Å². The van der Waals surface area contributed by atoms with E-state index < -0.39 is 0 Å². The Hall–Kier alpha value is -0.640. The minimum Gasteiger partial charge on any atom is -0.504 e. The molecule has 0 heterocycles. The highest BCUT2D eigenvalue weighted by molar-refractivity contribution is 6.37. The van der Waals surface area contributed by atoms with Gasteiger partial charge in [0.2, 0.25) is 0 Å². The van der Waals surface area contributed by atoms with Crippen molar-refractivity contribution in [2.24, 2.45) is 5.84 Å². The van der Waals surface area contributed by atoms with Crippen LogP contribution >= 0.6 is 23.2 Å². The molecule has 0 atom stereocenters. The number of anilines is 1. The van der Waals surface area contributed by atoms with Crippen LogP contribution in [0.1, 0.15) is 12.5 Å². The summed E-state index contributed by atoms with van der Waals surface area (Å²) >= 11 is 11.7. The van der Waals surface area contributed by atoms with E-state index in [9.17, 15) is 5.11 Å². The molecule has 0 fully saturated rings. The maximum absolute atomic E-state index is 9.50. The van der Waals surface area contributed by atoms with Gasteiger partial charge in [-0.2, -0.15) is 0 Å². The molecule has 0 aliphatic rings. The average molecular weight is 221 g/mol. The summed E-state index contributed by atoms with van der Waals surface area (Å²) in [6.07, 6.45) is 0.663. The molecule has 0 unspecified atom stereocenters. The molecule has 1 aromatic rings. The summed E-state index contributed by atoms with van der Waals surface area (Å²) in [6.45, 7) is 1.90. The monoisotopic (exact) mass is 220 g/mol. The van der Waals surface area contributed by atoms with E-state index in [4.69, 9.17) is 29.0 Å². The molecule has 0 spiro atoms. The molecule has 13 heavy (non-hydrogen) atoms. The Bertz CT molecular complexity index is 328. The highest BCUT2D eigenvalue weighted by Crippen LogP contribution is 2.38. The van der Waals surface area contributed by atoms with Crippen LogP contribution in [0.25, 0.3) is 0 Å². The van der Waals surface area contributed by atoms with Crippen molar-refractivity contribution >= 4 is 28.9 Å². The normalized spacial score (nSPS) is 10.2. The van der Waals surface area contributed by atoms with Crippen LogP contribution < -0.4 is 11.3 Å². The van der Waals surface area contributed by atoms with Gasteiger partial charge in [-0.25, -0.2) is 0 Å². The second-order valence-corrected chi connectivity index (χ2v) is 3.33. The molecular formula is C8H10Cl2N2O. The second-order valence-electron chi connectivity index (χ2n) is 2.54. The third kappa shape index (κ3) is 1.82. The van der Waals surface area contributed by atoms with Gasteiger partial charge in [-0.15, -0.1) is 0 Å². The van der Waals surface area contributed by atoms with Crippen molar-refractivity contribution in [3.63, 3.8) is 0 Å². The number of nitrogens with two attached hydrogens (primary N) is 1. The Kier molecular flexibility index (Phi) is 3.25. The first-order valence-corrected chi connectivity index (χ1v) is 4.53. The van der Waals surface area contributed by atoms with Crippen LogP contribution in [0.4, 0.5) is 5.69 Å². The summed E-state index contributed by atoms with van der Waals surface area (Å²) in [5.74, 6) is 5.09. The lowest BCUT2D eigenvalue weighted by Crippen LogP contribution is -2.07. The highest BCUT2D eigenvalue weighted by Gasteiger charge is 2.12. The van der Waals surface area contributed by atoms with Crippen LogP contribution in [0.5, 0.6) is 5.75 Å². The summed E-state index contributed by atoms with van der Waals surface area (Å²) in [4.78, 5) is 0. The molecule has 0 saturated carbocycles. The maximum atomic E-state index is 9.50. The number of rotatable bonds is 2. The Morgan fingerprint density at radius 3 is 2.62 bits per heavy atom. The fourth-order valence-corrected chi connectivity index (χ4v) is 1.81. The lowest BCUT2D eigenvalue weighted by Gasteiger charge is -2.10. The van der Waals surface area contributed by atoms with Crippen molar-refractivity contribution in [1.82, 2.24) is 0 Å². The quantitative estimate of drug-likeness (QED) is 0.408. The van der Waals surface area contributed by atoms with Gasteiger partial charge in [0.05, 0.1) is 10.7 Å². The summed E-state index contributed by atoms with van der Waals surface area (Å²) in [6, 6.07) is 1.54. The lowest BCUT2D eigenvalue weighted by atomic mass is 10.1. The number of nitrogen functional groups attached to an aromatic ring is 1. The number of hydrazine groups is 1. The van der Waals surface area contributed by atoms with Gasteiger partial charge >= 0.3 is 0 Å². The molecule has 1 aromatic carbocycles. The van der Waals surface area contributed by atoms with Crippen LogP contribution in [0.3, 0.4) is 0 Å². The predicted molar refractivity (Wildman–Crippen MR) is 55.3 cm³/mol. The zero-order valence-electron chi connectivity index (χ0n) is 7.06.